The van der Waals surface area contributed by atoms with Gasteiger partial charge in [-0.05, 0) is 38.0 Å². The van der Waals surface area contributed by atoms with Crippen molar-refractivity contribution >= 4 is 17.3 Å². The molecule has 5 heteroatoms. The van der Waals surface area contributed by atoms with E-state index in [1.165, 1.54) is 12.8 Å². The lowest BCUT2D eigenvalue weighted by molar-refractivity contribution is 0.0527. The monoisotopic (exact) mass is 292 g/mol. The fraction of sp³-hybridized carbons (Fsp3) is 0.562. The van der Waals surface area contributed by atoms with Gasteiger partial charge in [-0.1, -0.05) is 12.8 Å². The number of anilines is 2. The topological polar surface area (TPSA) is 75.8 Å². The van der Waals surface area contributed by atoms with E-state index in [9.17, 15) is 9.90 Å². The molecule has 0 aliphatic heterocycles. The molecule has 1 aliphatic carbocycles. The summed E-state index contributed by atoms with van der Waals surface area (Å²) in [5.41, 5.74) is 7.64. The lowest BCUT2D eigenvalue weighted by Gasteiger charge is -2.32. The zero-order chi connectivity index (χ0) is 15.2. The molecule has 116 valence electrons. The van der Waals surface area contributed by atoms with Gasteiger partial charge in [0.15, 0.2) is 0 Å². The minimum absolute atomic E-state index is 0.0587. The normalized spacial score (nSPS) is 15.1. The average molecular weight is 292 g/mol. The van der Waals surface area contributed by atoms with Crippen LogP contribution in [0.5, 0.6) is 0 Å². The summed E-state index contributed by atoms with van der Waals surface area (Å²) in [4.78, 5) is 14.3. The number of ether oxygens (including phenoxy) is 1. The SMILES string of the molecule is CCOC(=O)c1cc(N)ccc1N(CCO)C1CCCC1. The van der Waals surface area contributed by atoms with Crippen LogP contribution in [0.15, 0.2) is 18.2 Å². The number of carbonyl (C=O) groups excluding carboxylic acids is 1. The molecular weight excluding hydrogens is 268 g/mol. The minimum atomic E-state index is -0.360. The Labute approximate surface area is 125 Å². The first-order valence-electron chi connectivity index (χ1n) is 7.61. The molecule has 2 rings (SSSR count). The van der Waals surface area contributed by atoms with E-state index in [2.05, 4.69) is 4.90 Å². The van der Waals surface area contributed by atoms with Gasteiger partial charge in [-0.15, -0.1) is 0 Å². The molecule has 5 nitrogen and oxygen atoms in total. The first-order valence-corrected chi connectivity index (χ1v) is 7.61. The molecule has 0 radical (unpaired) electrons. The van der Waals surface area contributed by atoms with Crippen molar-refractivity contribution < 1.29 is 14.6 Å². The molecule has 1 aliphatic rings. The standard InChI is InChI=1S/C16H24N2O3/c1-2-21-16(20)14-11-12(17)7-8-15(14)18(9-10-19)13-5-3-4-6-13/h7-8,11,13,19H,2-6,9-10,17H2,1H3. The van der Waals surface area contributed by atoms with Crippen LogP contribution in [-0.4, -0.2) is 36.9 Å². The summed E-state index contributed by atoms with van der Waals surface area (Å²) >= 11 is 0. The maximum absolute atomic E-state index is 12.2. The van der Waals surface area contributed by atoms with E-state index >= 15 is 0 Å². The van der Waals surface area contributed by atoms with E-state index in [0.29, 0.717) is 30.4 Å². The second-order valence-electron chi connectivity index (χ2n) is 5.35. The molecular formula is C16H24N2O3. The first kappa shape index (κ1) is 15.6. The summed E-state index contributed by atoms with van der Waals surface area (Å²) in [5, 5.41) is 9.36. The van der Waals surface area contributed by atoms with Crippen LogP contribution in [0.3, 0.4) is 0 Å². The highest BCUT2D eigenvalue weighted by molar-refractivity contribution is 5.97. The average Bonchev–Trinajstić information content (AvgIpc) is 2.99. The highest BCUT2D eigenvalue weighted by Gasteiger charge is 2.26. The molecule has 0 atom stereocenters. The van der Waals surface area contributed by atoms with Crippen LogP contribution < -0.4 is 10.6 Å². The molecule has 0 amide bonds. The summed E-state index contributed by atoms with van der Waals surface area (Å²) in [6.07, 6.45) is 4.56. The fourth-order valence-electron chi connectivity index (χ4n) is 3.00. The zero-order valence-electron chi connectivity index (χ0n) is 12.5. The summed E-state index contributed by atoms with van der Waals surface area (Å²) in [5.74, 6) is -0.360. The molecule has 21 heavy (non-hydrogen) atoms. The van der Waals surface area contributed by atoms with Gasteiger partial charge in [-0.2, -0.15) is 0 Å². The maximum Gasteiger partial charge on any atom is 0.340 e. The van der Waals surface area contributed by atoms with E-state index in [-0.39, 0.29) is 12.6 Å². The van der Waals surface area contributed by atoms with Gasteiger partial charge in [-0.25, -0.2) is 4.79 Å². The number of carbonyl (C=O) groups is 1. The van der Waals surface area contributed by atoms with Gasteiger partial charge in [0.1, 0.15) is 0 Å². The van der Waals surface area contributed by atoms with E-state index < -0.39 is 0 Å². The number of aliphatic hydroxyl groups excluding tert-OH is 1. The summed E-state index contributed by atoms with van der Waals surface area (Å²) in [6.45, 7) is 2.69. The Morgan fingerprint density at radius 2 is 2.14 bits per heavy atom. The quantitative estimate of drug-likeness (QED) is 0.621. The molecule has 1 fully saturated rings. The fourth-order valence-corrected chi connectivity index (χ4v) is 3.00. The van der Waals surface area contributed by atoms with Crippen LogP contribution in [0, 0.1) is 0 Å². The van der Waals surface area contributed by atoms with Crippen molar-refractivity contribution in [2.24, 2.45) is 0 Å². The molecule has 1 saturated carbocycles. The van der Waals surface area contributed by atoms with E-state index in [0.717, 1.165) is 18.5 Å². The second kappa shape index (κ2) is 7.31. The number of benzene rings is 1. The van der Waals surface area contributed by atoms with Gasteiger partial charge in [0.05, 0.1) is 24.5 Å². The third kappa shape index (κ3) is 3.67. The van der Waals surface area contributed by atoms with Crippen LogP contribution >= 0.6 is 0 Å². The molecule has 0 heterocycles. The number of hydrogen-bond donors (Lipinski definition) is 2. The highest BCUT2D eigenvalue weighted by Crippen LogP contribution is 2.31. The Morgan fingerprint density at radius 1 is 1.43 bits per heavy atom. The number of hydrogen-bond acceptors (Lipinski definition) is 5. The van der Waals surface area contributed by atoms with Crippen molar-refractivity contribution in [2.75, 3.05) is 30.4 Å². The van der Waals surface area contributed by atoms with E-state index in [1.54, 1.807) is 19.1 Å². The van der Waals surface area contributed by atoms with Crippen molar-refractivity contribution in [3.8, 4) is 0 Å². The molecule has 0 unspecified atom stereocenters. The Kier molecular flexibility index (Phi) is 5.44. The van der Waals surface area contributed by atoms with Gasteiger partial charge in [-0.3, -0.25) is 0 Å². The Bertz CT molecular complexity index is 484. The number of esters is 1. The van der Waals surface area contributed by atoms with Crippen LogP contribution in [0.1, 0.15) is 43.0 Å². The molecule has 3 N–H and O–H groups in total. The largest absolute Gasteiger partial charge is 0.462 e. The van der Waals surface area contributed by atoms with Gasteiger partial charge < -0.3 is 20.5 Å². The van der Waals surface area contributed by atoms with Gasteiger partial charge in [0.2, 0.25) is 0 Å². The molecule has 0 aromatic heterocycles. The summed E-state index contributed by atoms with van der Waals surface area (Å²) < 4.78 is 5.13. The van der Waals surface area contributed by atoms with Crippen molar-refractivity contribution in [1.29, 1.82) is 0 Å². The Hall–Kier alpha value is -1.75. The number of rotatable bonds is 6. The van der Waals surface area contributed by atoms with Gasteiger partial charge >= 0.3 is 5.97 Å². The number of aliphatic hydroxyl groups is 1. The lowest BCUT2D eigenvalue weighted by atomic mass is 10.1. The molecule has 0 spiro atoms. The molecule has 0 saturated heterocycles. The summed E-state index contributed by atoms with van der Waals surface area (Å²) in [6, 6.07) is 5.67. The predicted molar refractivity (Wildman–Crippen MR) is 83.5 cm³/mol. The lowest BCUT2D eigenvalue weighted by Crippen LogP contribution is -2.36. The smallest absolute Gasteiger partial charge is 0.340 e. The van der Waals surface area contributed by atoms with Crippen LogP contribution in [0.2, 0.25) is 0 Å². The number of nitrogens with zero attached hydrogens (tertiary/aromatic N) is 1. The Balaban J connectivity index is 2.36. The first-order chi connectivity index (χ1) is 10.2. The summed E-state index contributed by atoms with van der Waals surface area (Å²) in [7, 11) is 0. The second-order valence-corrected chi connectivity index (χ2v) is 5.35. The molecule has 0 bridgehead atoms. The van der Waals surface area contributed by atoms with Crippen LogP contribution in [0.25, 0.3) is 0 Å². The zero-order valence-corrected chi connectivity index (χ0v) is 12.5. The van der Waals surface area contributed by atoms with Gasteiger partial charge in [0, 0.05) is 18.3 Å². The van der Waals surface area contributed by atoms with Crippen molar-refractivity contribution in [2.45, 2.75) is 38.6 Å². The number of nitrogens with two attached hydrogens (primary N) is 1. The van der Waals surface area contributed by atoms with E-state index in [4.69, 9.17) is 10.5 Å². The Morgan fingerprint density at radius 3 is 2.76 bits per heavy atom. The predicted octanol–water partition coefficient (Wildman–Crippen LogP) is 2.19. The van der Waals surface area contributed by atoms with E-state index in [1.807, 2.05) is 6.07 Å². The third-order valence-electron chi connectivity index (χ3n) is 3.93. The van der Waals surface area contributed by atoms with Crippen molar-refractivity contribution in [3.63, 3.8) is 0 Å². The highest BCUT2D eigenvalue weighted by atomic mass is 16.5. The van der Waals surface area contributed by atoms with Crippen LogP contribution in [0.4, 0.5) is 11.4 Å². The molecule has 1 aromatic carbocycles. The van der Waals surface area contributed by atoms with Crippen LogP contribution in [-0.2, 0) is 4.74 Å². The maximum atomic E-state index is 12.2. The molecule has 1 aromatic rings. The third-order valence-corrected chi connectivity index (χ3v) is 3.93. The number of nitrogen functional groups attached to an aromatic ring is 1. The van der Waals surface area contributed by atoms with Crippen molar-refractivity contribution in [1.82, 2.24) is 0 Å². The van der Waals surface area contributed by atoms with Crippen molar-refractivity contribution in [3.05, 3.63) is 23.8 Å². The minimum Gasteiger partial charge on any atom is -0.462 e. The van der Waals surface area contributed by atoms with Gasteiger partial charge in [0.25, 0.3) is 0 Å².